The smallest absolute Gasteiger partial charge is 0.185 e. The van der Waals surface area contributed by atoms with Crippen LogP contribution in [0.2, 0.25) is 0 Å². The highest BCUT2D eigenvalue weighted by Crippen LogP contribution is 2.26. The van der Waals surface area contributed by atoms with Crippen molar-refractivity contribution in [3.63, 3.8) is 0 Å². The standard InChI is InChI=1S/C17H22O3/c1-11(7-5-6-10-18)8-9-15-14(4)16(19)12(2)13(3)17(15)20/h8,10H,5-7,9H2,1-4H3. The molecule has 0 unspecified atom stereocenters. The van der Waals surface area contributed by atoms with Crippen LogP contribution in [0.4, 0.5) is 0 Å². The second-order valence-corrected chi connectivity index (χ2v) is 5.33. The monoisotopic (exact) mass is 274 g/mol. The Labute approximate surface area is 120 Å². The molecule has 0 saturated heterocycles. The molecule has 0 saturated carbocycles. The Bertz CT molecular complexity index is 530. The van der Waals surface area contributed by atoms with Crippen LogP contribution in [-0.2, 0) is 14.4 Å². The predicted molar refractivity (Wildman–Crippen MR) is 79.4 cm³/mol. The minimum atomic E-state index is -0.0240. The van der Waals surface area contributed by atoms with Crippen molar-refractivity contribution in [2.24, 2.45) is 0 Å². The normalized spacial score (nSPS) is 17.1. The average Bonchev–Trinajstić information content (AvgIpc) is 2.43. The Morgan fingerprint density at radius 3 is 2.20 bits per heavy atom. The van der Waals surface area contributed by atoms with Gasteiger partial charge in [-0.25, -0.2) is 0 Å². The maximum Gasteiger partial charge on any atom is 0.185 e. The van der Waals surface area contributed by atoms with Crippen molar-refractivity contribution in [1.29, 1.82) is 0 Å². The van der Waals surface area contributed by atoms with Crippen molar-refractivity contribution >= 4 is 17.9 Å². The molecule has 0 aromatic carbocycles. The van der Waals surface area contributed by atoms with Gasteiger partial charge in [0.2, 0.25) is 0 Å². The SMILES string of the molecule is CC(=CCC1=C(C)C(=O)C(C)=C(C)C1=O)CCCC=O. The van der Waals surface area contributed by atoms with Crippen LogP contribution in [0.25, 0.3) is 0 Å². The molecule has 20 heavy (non-hydrogen) atoms. The van der Waals surface area contributed by atoms with Crippen molar-refractivity contribution in [3.05, 3.63) is 33.9 Å². The van der Waals surface area contributed by atoms with Gasteiger partial charge in [-0.05, 0) is 47.0 Å². The summed E-state index contributed by atoms with van der Waals surface area (Å²) in [5.41, 5.74) is 3.43. The lowest BCUT2D eigenvalue weighted by Gasteiger charge is -2.17. The summed E-state index contributed by atoms with van der Waals surface area (Å²) in [5, 5.41) is 0. The lowest BCUT2D eigenvalue weighted by atomic mass is 9.84. The molecular weight excluding hydrogens is 252 g/mol. The van der Waals surface area contributed by atoms with Gasteiger partial charge in [0.05, 0.1) is 0 Å². The molecule has 108 valence electrons. The molecule has 0 amide bonds. The maximum atomic E-state index is 12.2. The Morgan fingerprint density at radius 2 is 1.60 bits per heavy atom. The topological polar surface area (TPSA) is 51.2 Å². The molecule has 3 nitrogen and oxygen atoms in total. The summed E-state index contributed by atoms with van der Waals surface area (Å²) in [6.07, 6.45) is 5.64. The average molecular weight is 274 g/mol. The van der Waals surface area contributed by atoms with Gasteiger partial charge >= 0.3 is 0 Å². The molecule has 0 fully saturated rings. The predicted octanol–water partition coefficient (Wildman–Crippen LogP) is 3.50. The minimum absolute atomic E-state index is 0.0171. The first-order valence-corrected chi connectivity index (χ1v) is 6.96. The molecule has 1 rings (SSSR count). The summed E-state index contributed by atoms with van der Waals surface area (Å²) < 4.78 is 0. The Balaban J connectivity index is 2.82. The van der Waals surface area contributed by atoms with Crippen molar-refractivity contribution in [2.75, 3.05) is 0 Å². The molecule has 0 bridgehead atoms. The lowest BCUT2D eigenvalue weighted by Crippen LogP contribution is -2.20. The van der Waals surface area contributed by atoms with E-state index in [0.717, 1.165) is 24.7 Å². The van der Waals surface area contributed by atoms with Crippen LogP contribution in [0, 0.1) is 0 Å². The van der Waals surface area contributed by atoms with Gasteiger partial charge in [0, 0.05) is 28.7 Å². The minimum Gasteiger partial charge on any atom is -0.303 e. The second kappa shape index (κ2) is 7.13. The number of carbonyl (C=O) groups excluding carboxylic acids is 3. The molecule has 1 aliphatic carbocycles. The largest absolute Gasteiger partial charge is 0.303 e. The summed E-state index contributed by atoms with van der Waals surface area (Å²) in [4.78, 5) is 34.5. The van der Waals surface area contributed by atoms with Crippen LogP contribution in [0.3, 0.4) is 0 Å². The number of hydrogen-bond acceptors (Lipinski definition) is 3. The maximum absolute atomic E-state index is 12.2. The zero-order chi connectivity index (χ0) is 15.3. The number of carbonyl (C=O) groups is 3. The van der Waals surface area contributed by atoms with Crippen molar-refractivity contribution in [2.45, 2.75) is 53.4 Å². The third kappa shape index (κ3) is 3.62. The molecule has 0 aromatic heterocycles. The summed E-state index contributed by atoms with van der Waals surface area (Å²) in [7, 11) is 0. The van der Waals surface area contributed by atoms with Crippen LogP contribution in [0.15, 0.2) is 33.9 Å². The molecule has 0 heterocycles. The van der Waals surface area contributed by atoms with Gasteiger partial charge in [-0.3, -0.25) is 9.59 Å². The van der Waals surface area contributed by atoms with Gasteiger partial charge in [-0.15, -0.1) is 0 Å². The zero-order valence-corrected chi connectivity index (χ0v) is 12.7. The highest BCUT2D eigenvalue weighted by molar-refractivity contribution is 6.24. The van der Waals surface area contributed by atoms with Gasteiger partial charge in [-0.1, -0.05) is 11.6 Å². The van der Waals surface area contributed by atoms with Crippen LogP contribution < -0.4 is 0 Å². The van der Waals surface area contributed by atoms with Crippen molar-refractivity contribution in [1.82, 2.24) is 0 Å². The summed E-state index contributed by atoms with van der Waals surface area (Å²) >= 11 is 0. The van der Waals surface area contributed by atoms with E-state index in [1.807, 2.05) is 13.0 Å². The fourth-order valence-corrected chi connectivity index (χ4v) is 2.24. The number of unbranched alkanes of at least 4 members (excludes halogenated alkanes) is 1. The Hall–Kier alpha value is -1.77. The molecule has 0 aliphatic heterocycles. The van der Waals surface area contributed by atoms with E-state index in [1.54, 1.807) is 20.8 Å². The fraction of sp³-hybridized carbons (Fsp3) is 0.471. The van der Waals surface area contributed by atoms with Crippen LogP contribution >= 0.6 is 0 Å². The molecule has 0 atom stereocenters. The summed E-state index contributed by atoms with van der Waals surface area (Å²) in [6.45, 7) is 7.13. The molecule has 3 heteroatoms. The van der Waals surface area contributed by atoms with Gasteiger partial charge in [0.25, 0.3) is 0 Å². The number of Topliss-reactive ketones (excluding diaryl/α,β-unsaturated/α-hetero) is 2. The number of ketones is 2. The van der Waals surface area contributed by atoms with Crippen molar-refractivity contribution < 1.29 is 14.4 Å². The second-order valence-electron chi connectivity index (χ2n) is 5.33. The van der Waals surface area contributed by atoms with E-state index in [9.17, 15) is 14.4 Å². The Kier molecular flexibility index (Phi) is 5.81. The third-order valence-electron chi connectivity index (χ3n) is 3.86. The summed E-state index contributed by atoms with van der Waals surface area (Å²) in [5.74, 6) is -0.0411. The number of rotatable bonds is 6. The molecular formula is C17H22O3. The third-order valence-corrected chi connectivity index (χ3v) is 3.86. The molecule has 0 radical (unpaired) electrons. The summed E-state index contributed by atoms with van der Waals surface area (Å²) in [6, 6.07) is 0. The first-order chi connectivity index (χ1) is 9.40. The van der Waals surface area contributed by atoms with Crippen LogP contribution in [-0.4, -0.2) is 17.9 Å². The highest BCUT2D eigenvalue weighted by Gasteiger charge is 2.26. The van der Waals surface area contributed by atoms with Gasteiger partial charge in [0.1, 0.15) is 6.29 Å². The Morgan fingerprint density at radius 1 is 1.00 bits per heavy atom. The molecule has 1 aliphatic rings. The molecule has 0 aromatic rings. The zero-order valence-electron chi connectivity index (χ0n) is 12.7. The van der Waals surface area contributed by atoms with E-state index in [2.05, 4.69) is 0 Å². The fourth-order valence-electron chi connectivity index (χ4n) is 2.24. The number of allylic oxidation sites excluding steroid dienone is 6. The van der Waals surface area contributed by atoms with Crippen molar-refractivity contribution in [3.8, 4) is 0 Å². The first kappa shape index (κ1) is 16.3. The van der Waals surface area contributed by atoms with Gasteiger partial charge in [0.15, 0.2) is 11.6 Å². The number of aldehydes is 1. The highest BCUT2D eigenvalue weighted by atomic mass is 16.1. The van der Waals surface area contributed by atoms with Gasteiger partial charge in [-0.2, -0.15) is 0 Å². The lowest BCUT2D eigenvalue weighted by molar-refractivity contribution is -0.116. The molecule has 0 spiro atoms. The van der Waals surface area contributed by atoms with E-state index >= 15 is 0 Å². The van der Waals surface area contributed by atoms with E-state index in [1.165, 1.54) is 0 Å². The van der Waals surface area contributed by atoms with E-state index in [0.29, 0.717) is 35.1 Å². The van der Waals surface area contributed by atoms with Gasteiger partial charge < -0.3 is 4.79 Å². The van der Waals surface area contributed by atoms with E-state index in [4.69, 9.17) is 0 Å². The molecule has 0 N–H and O–H groups in total. The van der Waals surface area contributed by atoms with E-state index in [-0.39, 0.29) is 11.6 Å². The quantitative estimate of drug-likeness (QED) is 0.322. The van der Waals surface area contributed by atoms with Crippen LogP contribution in [0.5, 0.6) is 0 Å². The van der Waals surface area contributed by atoms with E-state index < -0.39 is 0 Å². The number of hydrogen-bond donors (Lipinski definition) is 0. The first-order valence-electron chi connectivity index (χ1n) is 6.96. The van der Waals surface area contributed by atoms with Crippen LogP contribution in [0.1, 0.15) is 53.4 Å².